The number of aliphatic hydroxyl groups is 1. The van der Waals surface area contributed by atoms with Gasteiger partial charge >= 0.3 is 5.97 Å². The molecular formula is C54H86N4O7. The van der Waals surface area contributed by atoms with Gasteiger partial charge in [0.2, 0.25) is 0 Å². The molecule has 11 heteroatoms. The summed E-state index contributed by atoms with van der Waals surface area (Å²) in [5.74, 6) is -0.644. The van der Waals surface area contributed by atoms with Gasteiger partial charge in [0.1, 0.15) is 0 Å². The maximum atomic E-state index is 13.2. The number of amides is 4. The van der Waals surface area contributed by atoms with Crippen LogP contribution in [0, 0.1) is 5.92 Å². The van der Waals surface area contributed by atoms with E-state index in [1.54, 1.807) is 24.3 Å². The summed E-state index contributed by atoms with van der Waals surface area (Å²) in [4.78, 5) is 73.1. The highest BCUT2D eigenvalue weighted by molar-refractivity contribution is 6.21. The van der Waals surface area contributed by atoms with Gasteiger partial charge in [-0.05, 0) is 128 Å². The molecule has 1 atom stereocenters. The standard InChI is InChI=1S/C54H86N4O7/c1-3-5-7-9-10-16-30-45(29-15-8-6-4-2)54(64)65-44-26-14-12-22-36-56(40-28-42-58-52(62)48-33-19-20-34-49(48)53(58)63)38-24-23-37-55(35-21-11-13-25-43-59)39-27-41-57-50(60)46-31-17-18-32-47(46)51(57)61/h17,19-20,31,33-34,45,59H,3-16,18,21-30,32,35-44H2,1-2H3. The van der Waals surface area contributed by atoms with Crippen LogP contribution in [0.15, 0.2) is 47.6 Å². The largest absolute Gasteiger partial charge is 0.465 e. The third kappa shape index (κ3) is 18.9. The molecular weight excluding hydrogens is 817 g/mol. The number of aliphatic hydroxyl groups excluding tert-OH is 1. The zero-order valence-electron chi connectivity index (χ0n) is 40.7. The lowest BCUT2D eigenvalue weighted by atomic mass is 9.94. The van der Waals surface area contributed by atoms with Crippen molar-refractivity contribution in [2.24, 2.45) is 5.92 Å². The molecule has 1 aromatic rings. The lowest BCUT2D eigenvalue weighted by Gasteiger charge is -2.26. The summed E-state index contributed by atoms with van der Waals surface area (Å²) in [6.45, 7) is 11.3. The maximum absolute atomic E-state index is 13.2. The number of hydrogen-bond donors (Lipinski definition) is 1. The summed E-state index contributed by atoms with van der Waals surface area (Å²) >= 11 is 0. The molecule has 2 aliphatic heterocycles. The van der Waals surface area contributed by atoms with Crippen molar-refractivity contribution in [3.05, 3.63) is 58.7 Å². The van der Waals surface area contributed by atoms with Gasteiger partial charge in [-0.3, -0.25) is 33.8 Å². The monoisotopic (exact) mass is 903 g/mol. The quantitative estimate of drug-likeness (QED) is 0.0390. The third-order valence-corrected chi connectivity index (χ3v) is 13.6. The molecule has 4 rings (SSSR count). The Bertz CT molecular complexity index is 1620. The van der Waals surface area contributed by atoms with Crippen molar-refractivity contribution in [2.45, 2.75) is 181 Å². The fraction of sp³-hybridized carbons (Fsp3) is 0.722. The van der Waals surface area contributed by atoms with E-state index in [1.165, 1.54) is 61.2 Å². The number of imide groups is 2. The van der Waals surface area contributed by atoms with E-state index < -0.39 is 0 Å². The van der Waals surface area contributed by atoms with E-state index in [-0.39, 0.29) is 42.1 Å². The van der Waals surface area contributed by atoms with Gasteiger partial charge in [-0.25, -0.2) is 0 Å². The van der Waals surface area contributed by atoms with Crippen LogP contribution in [0.3, 0.4) is 0 Å². The smallest absolute Gasteiger partial charge is 0.308 e. The summed E-state index contributed by atoms with van der Waals surface area (Å²) in [6.07, 6.45) is 30.6. The van der Waals surface area contributed by atoms with E-state index in [0.29, 0.717) is 54.8 Å². The molecule has 364 valence electrons. The molecule has 11 nitrogen and oxygen atoms in total. The third-order valence-electron chi connectivity index (χ3n) is 13.6. The van der Waals surface area contributed by atoms with Crippen molar-refractivity contribution >= 4 is 29.6 Å². The zero-order valence-corrected chi connectivity index (χ0v) is 40.7. The van der Waals surface area contributed by atoms with Crippen LogP contribution >= 0.6 is 0 Å². The molecule has 1 unspecified atom stereocenters. The summed E-state index contributed by atoms with van der Waals surface area (Å²) in [5.41, 5.74) is 2.23. The molecule has 0 radical (unpaired) electrons. The molecule has 1 aromatic carbocycles. The fourth-order valence-corrected chi connectivity index (χ4v) is 9.63. The first-order valence-corrected chi connectivity index (χ1v) is 26.2. The van der Waals surface area contributed by atoms with Crippen molar-refractivity contribution < 1.29 is 33.8 Å². The van der Waals surface area contributed by atoms with Crippen LogP contribution in [-0.2, 0) is 19.1 Å². The minimum atomic E-state index is -0.203. The Labute approximate surface area is 392 Å². The van der Waals surface area contributed by atoms with Gasteiger partial charge in [0.25, 0.3) is 23.6 Å². The van der Waals surface area contributed by atoms with Crippen LogP contribution in [0.2, 0.25) is 0 Å². The summed E-state index contributed by atoms with van der Waals surface area (Å²) in [6, 6.07) is 7.07. The molecule has 1 N–H and O–H groups in total. The number of nitrogens with zero attached hydrogens (tertiary/aromatic N) is 4. The summed E-state index contributed by atoms with van der Waals surface area (Å²) in [5, 5.41) is 9.26. The van der Waals surface area contributed by atoms with E-state index in [1.807, 2.05) is 12.2 Å². The van der Waals surface area contributed by atoms with Crippen molar-refractivity contribution in [1.82, 2.24) is 19.6 Å². The Hall–Kier alpha value is -3.67. The number of esters is 1. The van der Waals surface area contributed by atoms with Gasteiger partial charge in [0, 0.05) is 30.8 Å². The fourth-order valence-electron chi connectivity index (χ4n) is 9.63. The molecule has 1 aliphatic carbocycles. The van der Waals surface area contributed by atoms with E-state index in [2.05, 4.69) is 23.6 Å². The predicted molar refractivity (Wildman–Crippen MR) is 260 cm³/mol. The van der Waals surface area contributed by atoms with Crippen molar-refractivity contribution in [3.8, 4) is 0 Å². The van der Waals surface area contributed by atoms with Gasteiger partial charge in [0.05, 0.1) is 23.7 Å². The van der Waals surface area contributed by atoms with E-state index in [9.17, 15) is 29.1 Å². The van der Waals surface area contributed by atoms with E-state index in [4.69, 9.17) is 4.74 Å². The molecule has 65 heavy (non-hydrogen) atoms. The number of benzene rings is 1. The lowest BCUT2D eigenvalue weighted by Crippen LogP contribution is -2.36. The molecule has 3 aliphatic rings. The van der Waals surface area contributed by atoms with Gasteiger partial charge in [-0.15, -0.1) is 0 Å². The number of ether oxygens (including phenoxy) is 1. The Balaban J connectivity index is 1.23. The Morgan fingerprint density at radius 2 is 1.05 bits per heavy atom. The second-order valence-corrected chi connectivity index (χ2v) is 18.8. The number of rotatable bonds is 39. The second kappa shape index (κ2) is 32.1. The minimum Gasteiger partial charge on any atom is -0.465 e. The van der Waals surface area contributed by atoms with Crippen LogP contribution in [0.1, 0.15) is 202 Å². The molecule has 0 saturated carbocycles. The highest BCUT2D eigenvalue weighted by atomic mass is 16.5. The SMILES string of the molecule is CCCCCCCCC(CCCCCC)C(=O)OCCCCCCN(CCCCN(CCCCCCO)CCCN1C(=O)C2=C(CCC=C2)C1=O)CCCN1C(=O)c2ccccc2C1=O. The average molecular weight is 903 g/mol. The molecule has 0 bridgehead atoms. The molecule has 0 aromatic heterocycles. The van der Waals surface area contributed by atoms with Crippen LogP contribution in [0.25, 0.3) is 0 Å². The Kier molecular flexibility index (Phi) is 26.6. The van der Waals surface area contributed by atoms with Crippen LogP contribution in [-0.4, -0.2) is 120 Å². The first kappa shape index (κ1) is 53.9. The number of carbonyl (C=O) groups is 5. The number of hydrogen-bond acceptors (Lipinski definition) is 9. The van der Waals surface area contributed by atoms with Gasteiger partial charge in [-0.2, -0.15) is 0 Å². The topological polar surface area (TPSA) is 128 Å². The van der Waals surface area contributed by atoms with Crippen LogP contribution in [0.4, 0.5) is 0 Å². The molecule has 2 heterocycles. The van der Waals surface area contributed by atoms with Crippen LogP contribution in [0.5, 0.6) is 0 Å². The second-order valence-electron chi connectivity index (χ2n) is 18.8. The van der Waals surface area contributed by atoms with Gasteiger partial charge in [-0.1, -0.05) is 128 Å². The molecule has 4 amide bonds. The molecule has 0 spiro atoms. The van der Waals surface area contributed by atoms with E-state index >= 15 is 0 Å². The van der Waals surface area contributed by atoms with Crippen molar-refractivity contribution in [2.75, 3.05) is 65.6 Å². The maximum Gasteiger partial charge on any atom is 0.308 e. The number of allylic oxidation sites excluding steroid dienone is 1. The number of carbonyl (C=O) groups excluding carboxylic acids is 5. The highest BCUT2D eigenvalue weighted by Crippen LogP contribution is 2.29. The van der Waals surface area contributed by atoms with Crippen LogP contribution < -0.4 is 0 Å². The minimum absolute atomic E-state index is 0.00432. The highest BCUT2D eigenvalue weighted by Gasteiger charge is 2.37. The summed E-state index contributed by atoms with van der Waals surface area (Å²) < 4.78 is 5.87. The van der Waals surface area contributed by atoms with Crippen molar-refractivity contribution in [3.63, 3.8) is 0 Å². The Morgan fingerprint density at radius 3 is 1.60 bits per heavy atom. The predicted octanol–water partition coefficient (Wildman–Crippen LogP) is 10.5. The van der Waals surface area contributed by atoms with Crippen molar-refractivity contribution in [1.29, 1.82) is 0 Å². The Morgan fingerprint density at radius 1 is 0.585 bits per heavy atom. The first-order chi connectivity index (χ1) is 31.8. The average Bonchev–Trinajstić information content (AvgIpc) is 3.71. The normalized spacial score (nSPS) is 15.3. The lowest BCUT2D eigenvalue weighted by molar-refractivity contribution is -0.149. The molecule has 0 saturated heterocycles. The number of fused-ring (bicyclic) bond motifs is 1. The van der Waals surface area contributed by atoms with Gasteiger partial charge < -0.3 is 19.6 Å². The number of unbranched alkanes of at least 4 members (excludes halogenated alkanes) is 15. The van der Waals surface area contributed by atoms with Gasteiger partial charge in [0.15, 0.2) is 0 Å². The first-order valence-electron chi connectivity index (χ1n) is 26.2. The summed E-state index contributed by atoms with van der Waals surface area (Å²) in [7, 11) is 0. The van der Waals surface area contributed by atoms with E-state index in [0.717, 1.165) is 142 Å². The zero-order chi connectivity index (χ0) is 46.5. The molecule has 0 fully saturated rings.